The van der Waals surface area contributed by atoms with Crippen molar-refractivity contribution in [2.45, 2.75) is 18.3 Å². The average molecular weight is 391 g/mol. The number of halogens is 2. The van der Waals surface area contributed by atoms with Gasteiger partial charge in [0, 0.05) is 36.6 Å². The van der Waals surface area contributed by atoms with E-state index in [9.17, 15) is 18.4 Å². The molecule has 1 aliphatic rings. The number of hydrogen-bond acceptors (Lipinski definition) is 4. The molecule has 2 aromatic rings. The molecule has 28 heavy (non-hydrogen) atoms. The van der Waals surface area contributed by atoms with E-state index in [4.69, 9.17) is 14.6 Å². The number of carboxylic acids is 1. The highest BCUT2D eigenvalue weighted by Gasteiger charge is 2.43. The van der Waals surface area contributed by atoms with E-state index in [-0.39, 0.29) is 42.9 Å². The van der Waals surface area contributed by atoms with Crippen molar-refractivity contribution < 1.29 is 33.0 Å². The molecular weight excluding hydrogens is 372 g/mol. The lowest BCUT2D eigenvalue weighted by Gasteiger charge is -2.36. The molecule has 2 N–H and O–H groups in total. The Morgan fingerprint density at radius 2 is 1.86 bits per heavy atom. The highest BCUT2D eigenvalue weighted by molar-refractivity contribution is 6.00. The van der Waals surface area contributed by atoms with Crippen LogP contribution in [0.5, 0.6) is 5.75 Å². The Balaban J connectivity index is 1.96. The molecule has 0 aromatic heterocycles. The maximum absolute atomic E-state index is 14.5. The number of rotatable bonds is 5. The molecule has 0 atom stereocenters. The quantitative estimate of drug-likeness (QED) is 0.817. The first-order valence-electron chi connectivity index (χ1n) is 8.63. The van der Waals surface area contributed by atoms with Crippen molar-refractivity contribution in [3.05, 3.63) is 59.2 Å². The minimum atomic E-state index is -1.23. The molecule has 2 aromatic carbocycles. The summed E-state index contributed by atoms with van der Waals surface area (Å²) in [6, 6.07) is 7.28. The van der Waals surface area contributed by atoms with Crippen LogP contribution in [-0.2, 0) is 14.9 Å². The minimum Gasteiger partial charge on any atom is -0.496 e. The molecule has 0 spiro atoms. The second kappa shape index (κ2) is 7.93. The Morgan fingerprint density at radius 3 is 2.46 bits per heavy atom. The number of carbonyl (C=O) groups is 2. The van der Waals surface area contributed by atoms with Gasteiger partial charge >= 0.3 is 5.97 Å². The number of methoxy groups -OCH3 is 1. The van der Waals surface area contributed by atoms with Crippen molar-refractivity contribution in [1.82, 2.24) is 0 Å². The van der Waals surface area contributed by atoms with E-state index in [0.29, 0.717) is 5.69 Å². The Bertz CT molecular complexity index is 909. The molecule has 0 unspecified atom stereocenters. The normalized spacial score (nSPS) is 15.7. The van der Waals surface area contributed by atoms with Crippen molar-refractivity contribution in [3.8, 4) is 5.75 Å². The van der Waals surface area contributed by atoms with E-state index in [0.717, 1.165) is 12.1 Å². The van der Waals surface area contributed by atoms with Crippen molar-refractivity contribution >= 4 is 17.6 Å². The average Bonchev–Trinajstić information content (AvgIpc) is 2.68. The summed E-state index contributed by atoms with van der Waals surface area (Å²) >= 11 is 0. The summed E-state index contributed by atoms with van der Waals surface area (Å²) in [6.07, 6.45) is 0.456. The first-order valence-corrected chi connectivity index (χ1v) is 8.63. The van der Waals surface area contributed by atoms with Crippen molar-refractivity contribution in [1.29, 1.82) is 0 Å². The predicted octanol–water partition coefficient (Wildman–Crippen LogP) is 3.36. The molecule has 1 aliphatic heterocycles. The van der Waals surface area contributed by atoms with E-state index < -0.39 is 28.9 Å². The predicted molar refractivity (Wildman–Crippen MR) is 96.7 cm³/mol. The first-order chi connectivity index (χ1) is 13.4. The van der Waals surface area contributed by atoms with Crippen molar-refractivity contribution in [2.24, 2.45) is 0 Å². The van der Waals surface area contributed by atoms with Gasteiger partial charge in [0.25, 0.3) is 0 Å². The fourth-order valence-electron chi connectivity index (χ4n) is 3.41. The van der Waals surface area contributed by atoms with Gasteiger partial charge in [0.1, 0.15) is 22.9 Å². The summed E-state index contributed by atoms with van der Waals surface area (Å²) in [5, 5.41) is 11.9. The smallest absolute Gasteiger partial charge is 0.339 e. The maximum Gasteiger partial charge on any atom is 0.339 e. The van der Waals surface area contributed by atoms with Gasteiger partial charge in [-0.1, -0.05) is 6.07 Å². The van der Waals surface area contributed by atoms with Gasteiger partial charge in [-0.15, -0.1) is 0 Å². The van der Waals surface area contributed by atoms with E-state index >= 15 is 0 Å². The summed E-state index contributed by atoms with van der Waals surface area (Å²) in [5.74, 6) is -3.08. The molecule has 1 fully saturated rings. The lowest BCUT2D eigenvalue weighted by molar-refractivity contribution is -0.125. The number of nitrogens with one attached hydrogen (secondary N) is 1. The highest BCUT2D eigenvalue weighted by atomic mass is 19.1. The Morgan fingerprint density at radius 1 is 1.14 bits per heavy atom. The molecule has 1 amide bonds. The SMILES string of the molecule is COc1cc(NC(=O)C2(c3ccc(F)cc3F)CCOCC2)ccc1C(=O)O. The molecule has 6 nitrogen and oxygen atoms in total. The maximum atomic E-state index is 14.5. The topological polar surface area (TPSA) is 84.9 Å². The van der Waals surface area contributed by atoms with Crippen LogP contribution in [-0.4, -0.2) is 37.3 Å². The Kier molecular flexibility index (Phi) is 5.60. The number of benzene rings is 2. The van der Waals surface area contributed by atoms with Crippen molar-refractivity contribution in [3.63, 3.8) is 0 Å². The third-order valence-electron chi connectivity index (χ3n) is 4.92. The zero-order valence-electron chi connectivity index (χ0n) is 15.1. The second-order valence-corrected chi connectivity index (χ2v) is 6.49. The molecule has 8 heteroatoms. The summed E-state index contributed by atoms with van der Waals surface area (Å²) in [6.45, 7) is 0.511. The fourth-order valence-corrected chi connectivity index (χ4v) is 3.41. The third-order valence-corrected chi connectivity index (χ3v) is 4.92. The molecule has 0 bridgehead atoms. The third kappa shape index (κ3) is 3.68. The van der Waals surface area contributed by atoms with Gasteiger partial charge in [-0.2, -0.15) is 0 Å². The van der Waals surface area contributed by atoms with E-state index in [2.05, 4.69) is 5.32 Å². The number of amides is 1. The van der Waals surface area contributed by atoms with Crippen LogP contribution in [0.3, 0.4) is 0 Å². The van der Waals surface area contributed by atoms with Crippen LogP contribution in [0.15, 0.2) is 36.4 Å². The number of anilines is 1. The number of carboxylic acid groups (broad SMARTS) is 1. The van der Waals surface area contributed by atoms with Gasteiger partial charge in [-0.25, -0.2) is 13.6 Å². The molecule has 1 heterocycles. The molecule has 3 rings (SSSR count). The molecule has 0 radical (unpaired) electrons. The van der Waals surface area contributed by atoms with Gasteiger partial charge < -0.3 is 19.9 Å². The molecule has 0 saturated carbocycles. The fraction of sp³-hybridized carbons (Fsp3) is 0.300. The van der Waals surface area contributed by atoms with Gasteiger partial charge in [-0.3, -0.25) is 4.79 Å². The van der Waals surface area contributed by atoms with Crippen LogP contribution < -0.4 is 10.1 Å². The molecule has 0 aliphatic carbocycles. The standard InChI is InChI=1S/C20H19F2NO5/c1-27-17-11-13(3-4-14(17)18(24)25)23-19(26)20(6-8-28-9-7-20)15-5-2-12(21)10-16(15)22/h2-5,10-11H,6-9H2,1H3,(H,23,26)(H,24,25). The van der Waals surface area contributed by atoms with Gasteiger partial charge in [0.2, 0.25) is 5.91 Å². The Labute approximate surface area is 160 Å². The van der Waals surface area contributed by atoms with Crippen LogP contribution in [0, 0.1) is 11.6 Å². The van der Waals surface area contributed by atoms with Crippen LogP contribution in [0.2, 0.25) is 0 Å². The summed E-state index contributed by atoms with van der Waals surface area (Å²) in [7, 11) is 1.32. The van der Waals surface area contributed by atoms with E-state index in [1.807, 2.05) is 0 Å². The molecule has 1 saturated heterocycles. The van der Waals surface area contributed by atoms with Crippen LogP contribution in [0.1, 0.15) is 28.8 Å². The Hall–Kier alpha value is -3.00. The lowest BCUT2D eigenvalue weighted by atomic mass is 9.73. The van der Waals surface area contributed by atoms with E-state index in [1.54, 1.807) is 0 Å². The summed E-state index contributed by atoms with van der Waals surface area (Å²) < 4.78 is 38.2. The van der Waals surface area contributed by atoms with Crippen molar-refractivity contribution in [2.75, 3.05) is 25.6 Å². The number of hydrogen-bond donors (Lipinski definition) is 2. The second-order valence-electron chi connectivity index (χ2n) is 6.49. The van der Waals surface area contributed by atoms with Crippen LogP contribution in [0.25, 0.3) is 0 Å². The largest absolute Gasteiger partial charge is 0.496 e. The lowest BCUT2D eigenvalue weighted by Crippen LogP contribution is -2.45. The van der Waals surface area contributed by atoms with Gasteiger partial charge in [-0.05, 0) is 31.0 Å². The highest BCUT2D eigenvalue weighted by Crippen LogP contribution is 2.38. The number of aromatic carboxylic acids is 1. The van der Waals surface area contributed by atoms with Gasteiger partial charge in [0.15, 0.2) is 0 Å². The minimum absolute atomic E-state index is 0.0501. The van der Waals surface area contributed by atoms with Crippen LogP contribution in [0.4, 0.5) is 14.5 Å². The number of ether oxygens (including phenoxy) is 2. The molecule has 148 valence electrons. The first kappa shape index (κ1) is 19.8. The molecular formula is C20H19F2NO5. The summed E-state index contributed by atoms with van der Waals surface area (Å²) in [4.78, 5) is 24.4. The zero-order valence-corrected chi connectivity index (χ0v) is 15.1. The van der Waals surface area contributed by atoms with Gasteiger partial charge in [0.05, 0.1) is 12.5 Å². The number of carbonyl (C=O) groups excluding carboxylic acids is 1. The van der Waals surface area contributed by atoms with E-state index in [1.165, 1.54) is 31.4 Å². The monoisotopic (exact) mass is 391 g/mol. The summed E-state index contributed by atoms with van der Waals surface area (Å²) in [5.41, 5.74) is -0.871. The van der Waals surface area contributed by atoms with Crippen LogP contribution >= 0.6 is 0 Å². The zero-order chi connectivity index (χ0) is 20.3.